The maximum Gasteiger partial charge on any atom is 0.324 e. The van der Waals surface area contributed by atoms with Crippen LogP contribution in [-0.4, -0.2) is 52.8 Å². The largest absolute Gasteiger partial charge is 0.368 e. The molecular weight excluding hydrogens is 253 g/mol. The van der Waals surface area contributed by atoms with Crippen molar-refractivity contribution in [2.24, 2.45) is 0 Å². The minimum Gasteiger partial charge on any atom is -0.368 e. The lowest BCUT2D eigenvalue weighted by Gasteiger charge is -2.33. The zero-order valence-corrected chi connectivity index (χ0v) is 10.7. The summed E-state index contributed by atoms with van der Waals surface area (Å²) >= 11 is 0. The van der Waals surface area contributed by atoms with Crippen LogP contribution in [0.15, 0.2) is 18.3 Å². The summed E-state index contributed by atoms with van der Waals surface area (Å²) in [5.41, 5.74) is 0.0130. The molecular formula is C12H16FN3O3. The SMILES string of the molecule is CCC(=O)ON1CCN(C(=O)c2cccn2F)CC1. The Balaban J connectivity index is 1.88. The Labute approximate surface area is 110 Å². The van der Waals surface area contributed by atoms with Gasteiger partial charge in [0.15, 0.2) is 0 Å². The lowest BCUT2D eigenvalue weighted by atomic mass is 10.3. The standard InChI is InChI=1S/C12H16FN3O3/c1-2-11(17)19-15-8-6-14(7-9-15)12(18)10-4-3-5-16(10)13/h3-5H,2,6-9H2,1H3. The van der Waals surface area contributed by atoms with E-state index < -0.39 is 0 Å². The Morgan fingerprint density at radius 1 is 1.32 bits per heavy atom. The van der Waals surface area contributed by atoms with Gasteiger partial charge in [-0.3, -0.25) is 9.59 Å². The Kier molecular flexibility index (Phi) is 4.16. The fourth-order valence-corrected chi connectivity index (χ4v) is 1.88. The molecule has 104 valence electrons. The van der Waals surface area contributed by atoms with Crippen LogP contribution in [0.3, 0.4) is 0 Å². The van der Waals surface area contributed by atoms with Crippen LogP contribution < -0.4 is 0 Å². The van der Waals surface area contributed by atoms with Gasteiger partial charge in [-0.25, -0.2) is 0 Å². The second kappa shape index (κ2) is 5.83. The minimum absolute atomic E-state index is 0.0130. The molecule has 1 aliphatic heterocycles. The highest BCUT2D eigenvalue weighted by Gasteiger charge is 2.25. The molecule has 0 spiro atoms. The first-order valence-electron chi connectivity index (χ1n) is 6.20. The van der Waals surface area contributed by atoms with Crippen molar-refractivity contribution in [1.29, 1.82) is 0 Å². The Hall–Kier alpha value is -1.89. The molecule has 1 aliphatic rings. The molecule has 2 heterocycles. The van der Waals surface area contributed by atoms with Crippen molar-refractivity contribution in [1.82, 2.24) is 14.8 Å². The van der Waals surface area contributed by atoms with Gasteiger partial charge in [-0.15, -0.1) is 5.06 Å². The van der Waals surface area contributed by atoms with E-state index in [0.29, 0.717) is 37.4 Å². The third-order valence-electron chi connectivity index (χ3n) is 2.97. The van der Waals surface area contributed by atoms with Gasteiger partial charge in [-0.05, 0) is 12.1 Å². The van der Waals surface area contributed by atoms with E-state index in [9.17, 15) is 14.1 Å². The number of carbonyl (C=O) groups is 2. The first-order chi connectivity index (χ1) is 9.11. The number of aromatic nitrogens is 1. The lowest BCUT2D eigenvalue weighted by Crippen LogP contribution is -2.49. The second-order valence-corrected chi connectivity index (χ2v) is 4.24. The molecule has 0 atom stereocenters. The molecule has 0 radical (unpaired) electrons. The fourth-order valence-electron chi connectivity index (χ4n) is 1.88. The molecule has 1 saturated heterocycles. The quantitative estimate of drug-likeness (QED) is 0.816. The summed E-state index contributed by atoms with van der Waals surface area (Å²) in [7, 11) is 0. The maximum absolute atomic E-state index is 13.2. The van der Waals surface area contributed by atoms with E-state index in [-0.39, 0.29) is 17.6 Å². The third kappa shape index (κ3) is 3.11. The van der Waals surface area contributed by atoms with Crippen molar-refractivity contribution in [2.45, 2.75) is 13.3 Å². The van der Waals surface area contributed by atoms with Crippen molar-refractivity contribution in [3.05, 3.63) is 24.0 Å². The van der Waals surface area contributed by atoms with Gasteiger partial charge < -0.3 is 9.74 Å². The summed E-state index contributed by atoms with van der Waals surface area (Å²) in [6.07, 6.45) is 1.50. The molecule has 7 heteroatoms. The number of hydrogen-bond donors (Lipinski definition) is 0. The summed E-state index contributed by atoms with van der Waals surface area (Å²) in [5.74, 6) is -0.647. The molecule has 1 aromatic rings. The summed E-state index contributed by atoms with van der Waals surface area (Å²) in [4.78, 5) is 30.0. The lowest BCUT2D eigenvalue weighted by molar-refractivity contribution is -0.195. The van der Waals surface area contributed by atoms with E-state index >= 15 is 0 Å². The normalized spacial score (nSPS) is 16.4. The van der Waals surface area contributed by atoms with Crippen LogP contribution in [0, 0.1) is 0 Å². The van der Waals surface area contributed by atoms with E-state index in [1.807, 2.05) is 0 Å². The van der Waals surface area contributed by atoms with Gasteiger partial charge in [-0.2, -0.15) is 4.79 Å². The van der Waals surface area contributed by atoms with Crippen LogP contribution >= 0.6 is 0 Å². The van der Waals surface area contributed by atoms with E-state index in [2.05, 4.69) is 0 Å². The average Bonchev–Trinajstić information content (AvgIpc) is 2.85. The van der Waals surface area contributed by atoms with Gasteiger partial charge in [-0.1, -0.05) is 11.4 Å². The van der Waals surface area contributed by atoms with Crippen molar-refractivity contribution in [3.63, 3.8) is 0 Å². The molecule has 1 amide bonds. The highest BCUT2D eigenvalue weighted by molar-refractivity contribution is 5.92. The summed E-state index contributed by atoms with van der Waals surface area (Å²) in [5, 5.41) is 1.53. The second-order valence-electron chi connectivity index (χ2n) is 4.24. The fraction of sp³-hybridized carbons (Fsp3) is 0.500. The molecule has 0 aromatic carbocycles. The summed E-state index contributed by atoms with van der Waals surface area (Å²) in [6, 6.07) is 2.92. The first kappa shape index (κ1) is 13.5. The summed E-state index contributed by atoms with van der Waals surface area (Å²) in [6.45, 7) is 3.40. The van der Waals surface area contributed by atoms with Crippen LogP contribution in [0.2, 0.25) is 0 Å². The molecule has 1 fully saturated rings. The molecule has 0 aliphatic carbocycles. The molecule has 0 N–H and O–H groups in total. The minimum atomic E-state index is -0.353. The van der Waals surface area contributed by atoms with Crippen molar-refractivity contribution in [2.75, 3.05) is 26.2 Å². The number of carbonyl (C=O) groups excluding carboxylic acids is 2. The smallest absolute Gasteiger partial charge is 0.324 e. The molecule has 0 bridgehead atoms. The van der Waals surface area contributed by atoms with Crippen LogP contribution in [0.1, 0.15) is 23.8 Å². The number of piperazine rings is 1. The van der Waals surface area contributed by atoms with Gasteiger partial charge in [0.05, 0.1) is 13.1 Å². The highest BCUT2D eigenvalue weighted by atomic mass is 19.2. The third-order valence-corrected chi connectivity index (χ3v) is 2.97. The number of hydroxylamine groups is 2. The van der Waals surface area contributed by atoms with Crippen molar-refractivity contribution < 1.29 is 18.9 Å². The number of halogens is 1. The van der Waals surface area contributed by atoms with Gasteiger partial charge in [0.1, 0.15) is 5.69 Å². The number of amides is 1. The van der Waals surface area contributed by atoms with Crippen LogP contribution in [-0.2, 0) is 9.63 Å². The van der Waals surface area contributed by atoms with Gasteiger partial charge in [0, 0.05) is 25.7 Å². The van der Waals surface area contributed by atoms with E-state index in [0.717, 1.165) is 0 Å². The van der Waals surface area contributed by atoms with Gasteiger partial charge >= 0.3 is 5.97 Å². The maximum atomic E-state index is 13.2. The highest BCUT2D eigenvalue weighted by Crippen LogP contribution is 2.10. The molecule has 19 heavy (non-hydrogen) atoms. The monoisotopic (exact) mass is 269 g/mol. The summed E-state index contributed by atoms with van der Waals surface area (Å²) < 4.78 is 13.2. The van der Waals surface area contributed by atoms with Crippen molar-refractivity contribution in [3.8, 4) is 0 Å². The van der Waals surface area contributed by atoms with Gasteiger partial charge in [0.2, 0.25) is 0 Å². The van der Waals surface area contributed by atoms with E-state index in [4.69, 9.17) is 4.84 Å². The molecule has 2 rings (SSSR count). The molecule has 6 nitrogen and oxygen atoms in total. The van der Waals surface area contributed by atoms with Gasteiger partial charge in [0.25, 0.3) is 5.91 Å². The Morgan fingerprint density at radius 3 is 2.53 bits per heavy atom. The number of rotatable bonds is 3. The average molecular weight is 269 g/mol. The van der Waals surface area contributed by atoms with Crippen LogP contribution in [0.4, 0.5) is 4.48 Å². The molecule has 1 aromatic heterocycles. The van der Waals surface area contributed by atoms with Crippen molar-refractivity contribution >= 4 is 11.9 Å². The first-order valence-corrected chi connectivity index (χ1v) is 6.20. The predicted octanol–water partition coefficient (Wildman–Crippen LogP) is 0.847. The predicted molar refractivity (Wildman–Crippen MR) is 64.8 cm³/mol. The van der Waals surface area contributed by atoms with E-state index in [1.165, 1.54) is 23.4 Å². The van der Waals surface area contributed by atoms with Crippen LogP contribution in [0.25, 0.3) is 0 Å². The molecule has 0 saturated carbocycles. The topological polar surface area (TPSA) is 54.8 Å². The van der Waals surface area contributed by atoms with Crippen LogP contribution in [0.5, 0.6) is 0 Å². The Bertz CT molecular complexity index is 467. The number of nitrogens with zero attached hydrogens (tertiary/aromatic N) is 3. The number of hydrogen-bond acceptors (Lipinski definition) is 4. The zero-order chi connectivity index (χ0) is 13.8. The molecule has 0 unspecified atom stereocenters. The Morgan fingerprint density at radius 2 is 2.00 bits per heavy atom. The van der Waals surface area contributed by atoms with E-state index in [1.54, 1.807) is 11.8 Å². The zero-order valence-electron chi connectivity index (χ0n) is 10.7.